The number of benzene rings is 1. The van der Waals surface area contributed by atoms with E-state index in [2.05, 4.69) is 47.0 Å². The number of pyridine rings is 1. The maximum Gasteiger partial charge on any atom is 0.146 e. The van der Waals surface area contributed by atoms with Crippen LogP contribution in [-0.4, -0.2) is 10.5 Å². The molecule has 3 nitrogen and oxygen atoms in total. The molecule has 1 heterocycles. The second kappa shape index (κ2) is 6.77. The van der Waals surface area contributed by atoms with Crippen LogP contribution < -0.4 is 10.1 Å². The molecule has 5 heteroatoms. The van der Waals surface area contributed by atoms with Crippen molar-refractivity contribution in [2.24, 2.45) is 0 Å². The predicted molar refractivity (Wildman–Crippen MR) is 90.1 cm³/mol. The summed E-state index contributed by atoms with van der Waals surface area (Å²) in [5.74, 6) is 1.41. The minimum Gasteiger partial charge on any atom is -0.455 e. The van der Waals surface area contributed by atoms with E-state index in [9.17, 15) is 0 Å². The number of rotatable bonds is 4. The van der Waals surface area contributed by atoms with Gasteiger partial charge in [0.2, 0.25) is 0 Å². The highest BCUT2D eigenvalue weighted by atomic mass is 79.9. The Kier molecular flexibility index (Phi) is 5.25. The average molecular weight is 370 g/mol. The zero-order valence-corrected chi connectivity index (χ0v) is 14.6. The second-order valence-electron chi connectivity index (χ2n) is 5.80. The summed E-state index contributed by atoms with van der Waals surface area (Å²) in [7, 11) is 0. The normalized spacial score (nSPS) is 11.5. The number of halogens is 2. The van der Waals surface area contributed by atoms with Crippen LogP contribution in [0, 0.1) is 0 Å². The molecule has 21 heavy (non-hydrogen) atoms. The molecule has 2 rings (SSSR count). The molecule has 0 aliphatic carbocycles. The van der Waals surface area contributed by atoms with Crippen molar-refractivity contribution >= 4 is 27.5 Å². The Bertz CT molecular complexity index is 626. The molecule has 2 aromatic rings. The van der Waals surface area contributed by atoms with Crippen molar-refractivity contribution in [3.05, 3.63) is 51.7 Å². The van der Waals surface area contributed by atoms with E-state index in [1.54, 1.807) is 12.4 Å². The van der Waals surface area contributed by atoms with Gasteiger partial charge in [0.05, 0.1) is 6.20 Å². The van der Waals surface area contributed by atoms with Crippen LogP contribution in [0.25, 0.3) is 0 Å². The summed E-state index contributed by atoms with van der Waals surface area (Å²) in [5, 5.41) is 4.09. The third-order valence-electron chi connectivity index (χ3n) is 2.75. The maximum atomic E-state index is 6.08. The van der Waals surface area contributed by atoms with E-state index in [-0.39, 0.29) is 5.54 Å². The van der Waals surface area contributed by atoms with Crippen LogP contribution in [0.1, 0.15) is 26.3 Å². The van der Waals surface area contributed by atoms with Gasteiger partial charge in [0.25, 0.3) is 0 Å². The first kappa shape index (κ1) is 16.3. The largest absolute Gasteiger partial charge is 0.455 e. The van der Waals surface area contributed by atoms with Gasteiger partial charge in [-0.25, -0.2) is 0 Å². The number of nitrogens with zero attached hydrogens (tertiary/aromatic N) is 1. The topological polar surface area (TPSA) is 34.1 Å². The fourth-order valence-corrected chi connectivity index (χ4v) is 2.21. The molecule has 0 spiro atoms. The fraction of sp³-hybridized carbons (Fsp3) is 0.312. The first-order valence-corrected chi connectivity index (χ1v) is 7.82. The Morgan fingerprint density at radius 2 is 2.00 bits per heavy atom. The summed E-state index contributed by atoms with van der Waals surface area (Å²) in [6, 6.07) is 7.53. The highest BCUT2D eigenvalue weighted by Gasteiger charge is 2.12. The summed E-state index contributed by atoms with van der Waals surface area (Å²) < 4.78 is 6.79. The van der Waals surface area contributed by atoms with Crippen LogP contribution in [0.3, 0.4) is 0 Å². The molecule has 1 N–H and O–H groups in total. The minimum atomic E-state index is 0.0359. The summed E-state index contributed by atoms with van der Waals surface area (Å²) in [6.07, 6.45) is 3.39. The first-order valence-electron chi connectivity index (χ1n) is 6.65. The summed E-state index contributed by atoms with van der Waals surface area (Å²) in [5.41, 5.74) is 1.09. The number of nitrogens with one attached hydrogen (secondary N) is 1. The Morgan fingerprint density at radius 3 is 2.67 bits per heavy atom. The van der Waals surface area contributed by atoms with Crippen LogP contribution in [0.5, 0.6) is 11.5 Å². The van der Waals surface area contributed by atoms with Gasteiger partial charge in [0.1, 0.15) is 11.5 Å². The van der Waals surface area contributed by atoms with Crippen molar-refractivity contribution in [2.75, 3.05) is 0 Å². The molecule has 0 saturated heterocycles. The SMILES string of the molecule is CC(C)(C)NCc1ccc(Cl)cc1Oc1cncc(Br)c1. The quantitative estimate of drug-likeness (QED) is 0.806. The molecule has 0 aliphatic rings. The standard InChI is InChI=1S/C16H18BrClN2O/c1-16(2,3)20-8-11-4-5-13(18)7-15(11)21-14-6-12(17)9-19-10-14/h4-7,9-10,20H,8H2,1-3H3. The molecule has 112 valence electrons. The average Bonchev–Trinajstić information content (AvgIpc) is 2.36. The number of hydrogen-bond donors (Lipinski definition) is 1. The Labute approximate surface area is 138 Å². The lowest BCUT2D eigenvalue weighted by atomic mass is 10.1. The van der Waals surface area contributed by atoms with E-state index in [1.165, 1.54) is 0 Å². The van der Waals surface area contributed by atoms with E-state index >= 15 is 0 Å². The zero-order valence-electron chi connectivity index (χ0n) is 12.3. The van der Waals surface area contributed by atoms with Crippen LogP contribution in [0.4, 0.5) is 0 Å². The van der Waals surface area contributed by atoms with Gasteiger partial charge in [-0.1, -0.05) is 17.7 Å². The van der Waals surface area contributed by atoms with Crippen LogP contribution >= 0.6 is 27.5 Å². The van der Waals surface area contributed by atoms with E-state index in [4.69, 9.17) is 16.3 Å². The lowest BCUT2D eigenvalue weighted by molar-refractivity contribution is 0.414. The monoisotopic (exact) mass is 368 g/mol. The van der Waals surface area contributed by atoms with Gasteiger partial charge in [0, 0.05) is 33.3 Å². The highest BCUT2D eigenvalue weighted by Crippen LogP contribution is 2.29. The fourth-order valence-electron chi connectivity index (χ4n) is 1.70. The lowest BCUT2D eigenvalue weighted by Gasteiger charge is -2.21. The van der Waals surface area contributed by atoms with Crippen LogP contribution in [0.2, 0.25) is 5.02 Å². The third-order valence-corrected chi connectivity index (χ3v) is 3.41. The van der Waals surface area contributed by atoms with Crippen LogP contribution in [-0.2, 0) is 6.54 Å². The van der Waals surface area contributed by atoms with Gasteiger partial charge in [-0.05, 0) is 54.9 Å². The lowest BCUT2D eigenvalue weighted by Crippen LogP contribution is -2.35. The second-order valence-corrected chi connectivity index (χ2v) is 7.15. The minimum absolute atomic E-state index is 0.0359. The maximum absolute atomic E-state index is 6.08. The summed E-state index contributed by atoms with van der Waals surface area (Å²) >= 11 is 9.46. The summed E-state index contributed by atoms with van der Waals surface area (Å²) in [6.45, 7) is 7.09. The number of aromatic nitrogens is 1. The molecule has 0 saturated carbocycles. The van der Waals surface area contributed by atoms with E-state index < -0.39 is 0 Å². The molecule has 0 atom stereocenters. The number of hydrogen-bond acceptors (Lipinski definition) is 3. The molecule has 0 fully saturated rings. The van der Waals surface area contributed by atoms with Crippen molar-refractivity contribution in [3.63, 3.8) is 0 Å². The smallest absolute Gasteiger partial charge is 0.146 e. The molecule has 0 amide bonds. The Hall–Kier alpha value is -1.10. The molecular weight excluding hydrogens is 352 g/mol. The third kappa shape index (κ3) is 5.30. The number of ether oxygens (including phenoxy) is 1. The van der Waals surface area contributed by atoms with Crippen molar-refractivity contribution < 1.29 is 4.74 Å². The van der Waals surface area contributed by atoms with Gasteiger partial charge in [-0.15, -0.1) is 0 Å². The van der Waals surface area contributed by atoms with Crippen molar-refractivity contribution in [1.29, 1.82) is 0 Å². The molecule has 0 bridgehead atoms. The Balaban J connectivity index is 2.23. The van der Waals surface area contributed by atoms with E-state index in [0.29, 0.717) is 17.3 Å². The van der Waals surface area contributed by atoms with Crippen molar-refractivity contribution in [1.82, 2.24) is 10.3 Å². The van der Waals surface area contributed by atoms with Gasteiger partial charge in [0.15, 0.2) is 0 Å². The van der Waals surface area contributed by atoms with E-state index in [1.807, 2.05) is 24.3 Å². The molecule has 0 radical (unpaired) electrons. The summed E-state index contributed by atoms with van der Waals surface area (Å²) in [4.78, 5) is 4.10. The van der Waals surface area contributed by atoms with Gasteiger partial charge in [-0.2, -0.15) is 0 Å². The predicted octanol–water partition coefficient (Wildman–Crippen LogP) is 5.18. The molecule has 1 aromatic heterocycles. The molecule has 0 aliphatic heterocycles. The van der Waals surface area contributed by atoms with Crippen molar-refractivity contribution in [2.45, 2.75) is 32.9 Å². The molecule has 1 aromatic carbocycles. The molecule has 0 unspecified atom stereocenters. The van der Waals surface area contributed by atoms with Gasteiger partial charge in [-0.3, -0.25) is 4.98 Å². The zero-order chi connectivity index (χ0) is 15.5. The van der Waals surface area contributed by atoms with Crippen LogP contribution in [0.15, 0.2) is 41.1 Å². The van der Waals surface area contributed by atoms with Gasteiger partial charge < -0.3 is 10.1 Å². The van der Waals surface area contributed by atoms with E-state index in [0.717, 1.165) is 15.8 Å². The highest BCUT2D eigenvalue weighted by molar-refractivity contribution is 9.10. The Morgan fingerprint density at radius 1 is 1.24 bits per heavy atom. The van der Waals surface area contributed by atoms with Crippen molar-refractivity contribution in [3.8, 4) is 11.5 Å². The molecular formula is C16H18BrClN2O. The van der Waals surface area contributed by atoms with Gasteiger partial charge >= 0.3 is 0 Å². The first-order chi connectivity index (χ1) is 9.83.